The van der Waals surface area contributed by atoms with E-state index >= 15 is 0 Å². The van der Waals surface area contributed by atoms with E-state index in [1.165, 1.54) is 57.8 Å². The lowest BCUT2D eigenvalue weighted by Crippen LogP contribution is -2.43. The van der Waals surface area contributed by atoms with Crippen molar-refractivity contribution in [2.24, 2.45) is 0 Å². The Balaban J connectivity index is 2.23. The highest BCUT2D eigenvalue weighted by molar-refractivity contribution is 7.46. The largest absolute Gasteiger partial charge is 0.470 e. The van der Waals surface area contributed by atoms with Crippen LogP contribution < -0.4 is 0 Å². The van der Waals surface area contributed by atoms with Crippen LogP contribution in [0.2, 0.25) is 0 Å². The molecule has 0 aromatic heterocycles. The summed E-state index contributed by atoms with van der Waals surface area (Å²) in [5, 5.41) is 9.30. The molecule has 3 N–H and O–H groups in total. The van der Waals surface area contributed by atoms with E-state index in [9.17, 15) is 24.1 Å². The monoisotopic (exact) mass is 494 g/mol. The molecule has 1 aliphatic heterocycles. The number of aliphatic hydroxyl groups excluding tert-OH is 1. The zero-order chi connectivity index (χ0) is 24.7. The predicted molar refractivity (Wildman–Crippen MR) is 119 cm³/mol. The number of Topliss-reactive ketones (excluding diaryl/α,β-unsaturated/α-hetero) is 1. The van der Waals surface area contributed by atoms with Gasteiger partial charge in [0.25, 0.3) is 5.78 Å². The molecule has 0 aliphatic carbocycles. The molecule has 0 spiro atoms. The molecule has 0 bridgehead atoms. The van der Waals surface area contributed by atoms with Gasteiger partial charge in [0.05, 0.1) is 6.61 Å². The van der Waals surface area contributed by atoms with Gasteiger partial charge in [-0.25, -0.2) is 9.36 Å². The Hall–Kier alpha value is -1.32. The van der Waals surface area contributed by atoms with Gasteiger partial charge in [-0.3, -0.25) is 14.1 Å². The second-order valence-corrected chi connectivity index (χ2v) is 9.65. The van der Waals surface area contributed by atoms with Crippen LogP contribution in [-0.4, -0.2) is 57.5 Å². The van der Waals surface area contributed by atoms with Crippen LogP contribution in [-0.2, 0) is 32.9 Å². The zero-order valence-corrected chi connectivity index (χ0v) is 20.4. The van der Waals surface area contributed by atoms with E-state index in [0.29, 0.717) is 6.42 Å². The van der Waals surface area contributed by atoms with Crippen LogP contribution in [0.4, 0.5) is 0 Å². The standard InChI is InChI=1S/C22H39O10P/c1-2-3-4-5-6-7-8-9-10-11-12-13-14-15-18(24)30-21-19(25)22(26)31-20(21)17(16-23)32-33(27,28)29/h17,20-21,23H,2-16H2,1H3,(H2,27,28,29)/t17-,20+,21?/m0/s1. The number of ketones is 1. The van der Waals surface area contributed by atoms with E-state index in [1.807, 2.05) is 0 Å². The summed E-state index contributed by atoms with van der Waals surface area (Å²) >= 11 is 0. The molecular formula is C22H39O10P. The van der Waals surface area contributed by atoms with Gasteiger partial charge in [-0.15, -0.1) is 0 Å². The Bertz CT molecular complexity index is 647. The number of carbonyl (C=O) groups is 3. The number of aliphatic hydroxyl groups is 1. The summed E-state index contributed by atoms with van der Waals surface area (Å²) in [6, 6.07) is 0. The van der Waals surface area contributed by atoms with Crippen LogP contribution >= 0.6 is 7.82 Å². The second kappa shape index (κ2) is 16.3. The Labute approximate surface area is 195 Å². The first-order chi connectivity index (χ1) is 15.7. The SMILES string of the molecule is CCCCCCCCCCCCCCCC(=O)OC1C(=O)C(=O)O[C@@H]1[C@H](CO)OP(=O)(O)O. The van der Waals surface area contributed by atoms with Gasteiger partial charge in [0.15, 0.2) is 6.10 Å². The molecule has 0 aromatic carbocycles. The summed E-state index contributed by atoms with van der Waals surface area (Å²) in [5.74, 6) is -3.20. The zero-order valence-electron chi connectivity index (χ0n) is 19.5. The summed E-state index contributed by atoms with van der Waals surface area (Å²) in [6.07, 6.45) is 9.94. The first-order valence-electron chi connectivity index (χ1n) is 12.0. The molecule has 3 atom stereocenters. The number of carbonyl (C=O) groups excluding carboxylic acids is 3. The Morgan fingerprint density at radius 1 is 0.939 bits per heavy atom. The molecule has 1 unspecified atom stereocenters. The summed E-state index contributed by atoms with van der Waals surface area (Å²) in [4.78, 5) is 53.4. The van der Waals surface area contributed by atoms with E-state index in [0.717, 1.165) is 19.3 Å². The Morgan fingerprint density at radius 2 is 1.42 bits per heavy atom. The highest BCUT2D eigenvalue weighted by atomic mass is 31.2. The maximum Gasteiger partial charge on any atom is 0.470 e. The fourth-order valence-corrected chi connectivity index (χ4v) is 4.30. The third-order valence-corrected chi connectivity index (χ3v) is 6.11. The quantitative estimate of drug-likeness (QED) is 0.105. The first-order valence-corrected chi connectivity index (χ1v) is 13.5. The molecule has 1 saturated heterocycles. The molecule has 0 radical (unpaired) electrons. The van der Waals surface area contributed by atoms with E-state index in [1.54, 1.807) is 0 Å². The van der Waals surface area contributed by atoms with Crippen molar-refractivity contribution >= 4 is 25.5 Å². The van der Waals surface area contributed by atoms with Gasteiger partial charge in [-0.2, -0.15) is 0 Å². The number of phosphoric acid groups is 1. The minimum absolute atomic E-state index is 0.0333. The van der Waals surface area contributed by atoms with Crippen LogP contribution in [0.25, 0.3) is 0 Å². The molecule has 192 valence electrons. The van der Waals surface area contributed by atoms with Crippen molar-refractivity contribution in [3.63, 3.8) is 0 Å². The topological polar surface area (TPSA) is 157 Å². The summed E-state index contributed by atoms with van der Waals surface area (Å²) in [7, 11) is -5.04. The van der Waals surface area contributed by atoms with Gasteiger partial charge in [-0.1, -0.05) is 84.0 Å². The number of unbranched alkanes of at least 4 members (excludes halogenated alkanes) is 12. The molecule has 1 fully saturated rings. The lowest BCUT2D eigenvalue weighted by atomic mass is 10.0. The number of cyclic esters (lactones) is 1. The van der Waals surface area contributed by atoms with Crippen LogP contribution in [0.15, 0.2) is 0 Å². The van der Waals surface area contributed by atoms with Gasteiger partial charge in [0.1, 0.15) is 6.10 Å². The maximum absolute atomic E-state index is 12.1. The van der Waals surface area contributed by atoms with Crippen molar-refractivity contribution in [2.45, 2.75) is 115 Å². The van der Waals surface area contributed by atoms with Gasteiger partial charge in [0, 0.05) is 6.42 Å². The first kappa shape index (κ1) is 29.7. The lowest BCUT2D eigenvalue weighted by molar-refractivity contribution is -0.160. The molecule has 10 nitrogen and oxygen atoms in total. The van der Waals surface area contributed by atoms with Gasteiger partial charge in [-0.05, 0) is 6.42 Å². The van der Waals surface area contributed by atoms with E-state index < -0.39 is 50.5 Å². The number of rotatable bonds is 19. The van der Waals surface area contributed by atoms with E-state index in [2.05, 4.69) is 11.4 Å². The van der Waals surface area contributed by atoms with Crippen LogP contribution in [0.3, 0.4) is 0 Å². The third-order valence-electron chi connectivity index (χ3n) is 5.56. The molecule has 1 aliphatic rings. The number of hydrogen-bond donors (Lipinski definition) is 3. The Morgan fingerprint density at radius 3 is 1.88 bits per heavy atom. The fourth-order valence-electron chi connectivity index (χ4n) is 3.76. The minimum Gasteiger partial charge on any atom is -0.450 e. The number of hydrogen-bond acceptors (Lipinski definition) is 8. The molecular weight excluding hydrogens is 455 g/mol. The average Bonchev–Trinajstić information content (AvgIpc) is 3.03. The van der Waals surface area contributed by atoms with Crippen molar-refractivity contribution in [1.29, 1.82) is 0 Å². The normalized spacial score (nSPS) is 19.5. The molecule has 33 heavy (non-hydrogen) atoms. The lowest BCUT2D eigenvalue weighted by Gasteiger charge is -2.24. The van der Waals surface area contributed by atoms with Crippen molar-refractivity contribution in [1.82, 2.24) is 0 Å². The number of esters is 2. The van der Waals surface area contributed by atoms with Crippen molar-refractivity contribution < 1.29 is 47.8 Å². The molecule has 0 saturated carbocycles. The van der Waals surface area contributed by atoms with E-state index in [4.69, 9.17) is 19.3 Å². The summed E-state index contributed by atoms with van der Waals surface area (Å²) in [6.45, 7) is 1.26. The van der Waals surface area contributed by atoms with Crippen molar-refractivity contribution in [3.8, 4) is 0 Å². The highest BCUT2D eigenvalue weighted by Gasteiger charge is 2.51. The smallest absolute Gasteiger partial charge is 0.450 e. The molecule has 11 heteroatoms. The van der Waals surface area contributed by atoms with Crippen molar-refractivity contribution in [2.75, 3.05) is 6.61 Å². The number of phosphoric ester groups is 1. The summed E-state index contributed by atoms with van der Waals surface area (Å²) in [5.41, 5.74) is 0. The van der Waals surface area contributed by atoms with Gasteiger partial charge >= 0.3 is 19.8 Å². The van der Waals surface area contributed by atoms with Crippen LogP contribution in [0.5, 0.6) is 0 Å². The summed E-state index contributed by atoms with van der Waals surface area (Å²) < 4.78 is 25.1. The molecule has 1 rings (SSSR count). The molecule has 0 amide bonds. The van der Waals surface area contributed by atoms with Gasteiger partial charge < -0.3 is 24.4 Å². The van der Waals surface area contributed by atoms with Gasteiger partial charge in [0.2, 0.25) is 6.10 Å². The highest BCUT2D eigenvalue weighted by Crippen LogP contribution is 2.39. The van der Waals surface area contributed by atoms with Crippen LogP contribution in [0.1, 0.15) is 96.8 Å². The minimum atomic E-state index is -5.04. The number of ether oxygens (including phenoxy) is 2. The predicted octanol–water partition coefficient (Wildman–Crippen LogP) is 3.34. The third kappa shape index (κ3) is 12.6. The van der Waals surface area contributed by atoms with E-state index in [-0.39, 0.29) is 6.42 Å². The second-order valence-electron chi connectivity index (χ2n) is 8.45. The molecule has 0 aromatic rings. The Kier molecular flexibility index (Phi) is 14.7. The maximum atomic E-state index is 12.1. The van der Waals surface area contributed by atoms with Crippen LogP contribution in [0, 0.1) is 0 Å². The molecule has 1 heterocycles. The fraction of sp³-hybridized carbons (Fsp3) is 0.864. The average molecular weight is 495 g/mol. The van der Waals surface area contributed by atoms with Crippen molar-refractivity contribution in [3.05, 3.63) is 0 Å².